The first kappa shape index (κ1) is 23.5. The number of hydrogen-bond acceptors (Lipinski definition) is 6. The minimum atomic E-state index is -0.0145. The van der Waals surface area contributed by atoms with E-state index in [0.717, 1.165) is 55.7 Å². The van der Waals surface area contributed by atoms with Gasteiger partial charge in [-0.3, -0.25) is 14.5 Å². The van der Waals surface area contributed by atoms with Crippen molar-refractivity contribution in [2.24, 2.45) is 5.92 Å². The summed E-state index contributed by atoms with van der Waals surface area (Å²) in [5, 5.41) is 7.77. The van der Waals surface area contributed by atoms with Crippen LogP contribution in [-0.2, 0) is 22.7 Å². The summed E-state index contributed by atoms with van der Waals surface area (Å²) in [7, 11) is 0. The highest BCUT2D eigenvalue weighted by atomic mass is 35.5. The van der Waals surface area contributed by atoms with Crippen molar-refractivity contribution in [3.8, 4) is 11.4 Å². The molecule has 3 aromatic rings. The molecule has 1 N–H and O–H groups in total. The smallest absolute Gasteiger partial charge is 0.241 e. The van der Waals surface area contributed by atoms with Gasteiger partial charge in [0.2, 0.25) is 23.5 Å². The molecule has 2 saturated heterocycles. The SMILES string of the molecule is O=C(NCc1cccc(N2CCCC2=O)c1)C1CCN(Cc2nc(-c3cccc(Cl)c3)no2)CC1. The molecule has 5 rings (SSSR count). The van der Waals surface area contributed by atoms with Gasteiger partial charge in [0.1, 0.15) is 0 Å². The van der Waals surface area contributed by atoms with E-state index < -0.39 is 0 Å². The lowest BCUT2D eigenvalue weighted by Gasteiger charge is -2.30. The van der Waals surface area contributed by atoms with Crippen LogP contribution in [0.4, 0.5) is 5.69 Å². The van der Waals surface area contributed by atoms with Crippen molar-refractivity contribution in [2.75, 3.05) is 24.5 Å². The van der Waals surface area contributed by atoms with Crippen molar-refractivity contribution in [1.29, 1.82) is 0 Å². The fourth-order valence-electron chi connectivity index (χ4n) is 4.70. The Labute approximate surface area is 209 Å². The predicted molar refractivity (Wildman–Crippen MR) is 133 cm³/mol. The number of nitrogens with one attached hydrogen (secondary N) is 1. The van der Waals surface area contributed by atoms with Crippen LogP contribution in [0.25, 0.3) is 11.4 Å². The standard InChI is InChI=1S/C26H28ClN5O3/c27-21-6-2-5-20(15-21)25-29-23(35-30-25)17-31-12-9-19(10-13-31)26(34)28-16-18-4-1-7-22(14-18)32-11-3-8-24(32)33/h1-2,4-7,14-15,19H,3,8-13,16-17H2,(H,28,34). The number of halogens is 1. The summed E-state index contributed by atoms with van der Waals surface area (Å²) in [5.74, 6) is 1.31. The number of piperidine rings is 1. The predicted octanol–water partition coefficient (Wildman–Crippen LogP) is 4.05. The highest BCUT2D eigenvalue weighted by Crippen LogP contribution is 2.24. The van der Waals surface area contributed by atoms with Gasteiger partial charge in [0.25, 0.3) is 0 Å². The summed E-state index contributed by atoms with van der Waals surface area (Å²) in [6.07, 6.45) is 3.07. The Balaban J connectivity index is 1.09. The van der Waals surface area contributed by atoms with E-state index in [2.05, 4.69) is 20.4 Å². The zero-order chi connectivity index (χ0) is 24.2. The minimum Gasteiger partial charge on any atom is -0.352 e. The minimum absolute atomic E-state index is 0.0145. The third-order valence-electron chi connectivity index (χ3n) is 6.63. The van der Waals surface area contributed by atoms with Gasteiger partial charge >= 0.3 is 0 Å². The molecule has 9 heteroatoms. The number of hydrogen-bond donors (Lipinski definition) is 1. The van der Waals surface area contributed by atoms with Crippen molar-refractivity contribution >= 4 is 29.1 Å². The monoisotopic (exact) mass is 493 g/mol. The Morgan fingerprint density at radius 1 is 1.11 bits per heavy atom. The molecular formula is C26H28ClN5O3. The lowest BCUT2D eigenvalue weighted by molar-refractivity contribution is -0.126. The van der Waals surface area contributed by atoms with E-state index in [1.807, 2.05) is 47.4 Å². The number of carbonyl (C=O) groups is 2. The second kappa shape index (κ2) is 10.6. The third-order valence-corrected chi connectivity index (χ3v) is 6.87. The molecule has 1 aromatic heterocycles. The van der Waals surface area contributed by atoms with Crippen LogP contribution in [0.15, 0.2) is 53.1 Å². The largest absolute Gasteiger partial charge is 0.352 e. The Morgan fingerprint density at radius 3 is 2.71 bits per heavy atom. The number of benzene rings is 2. The molecular weight excluding hydrogens is 466 g/mol. The first-order valence-corrected chi connectivity index (χ1v) is 12.4. The van der Waals surface area contributed by atoms with Gasteiger partial charge in [-0.2, -0.15) is 4.98 Å². The Kier molecular flexibility index (Phi) is 7.11. The van der Waals surface area contributed by atoms with Gasteiger partial charge in [-0.25, -0.2) is 0 Å². The summed E-state index contributed by atoms with van der Waals surface area (Å²) in [5.41, 5.74) is 2.73. The Bertz CT molecular complexity index is 1200. The molecule has 0 spiro atoms. The summed E-state index contributed by atoms with van der Waals surface area (Å²) < 4.78 is 5.43. The molecule has 2 fully saturated rings. The maximum Gasteiger partial charge on any atom is 0.241 e. The molecule has 2 aromatic carbocycles. The number of likely N-dealkylation sites (tertiary alicyclic amines) is 1. The van der Waals surface area contributed by atoms with Crippen LogP contribution in [-0.4, -0.2) is 46.5 Å². The summed E-state index contributed by atoms with van der Waals surface area (Å²) in [6.45, 7) is 3.37. The van der Waals surface area contributed by atoms with Crippen LogP contribution < -0.4 is 10.2 Å². The van der Waals surface area contributed by atoms with Crippen LogP contribution in [0, 0.1) is 5.92 Å². The maximum absolute atomic E-state index is 12.8. The van der Waals surface area contributed by atoms with E-state index in [1.165, 1.54) is 0 Å². The zero-order valence-corrected chi connectivity index (χ0v) is 20.2. The number of amides is 2. The van der Waals surface area contributed by atoms with Crippen molar-refractivity contribution in [1.82, 2.24) is 20.4 Å². The van der Waals surface area contributed by atoms with Crippen molar-refractivity contribution < 1.29 is 14.1 Å². The molecule has 2 amide bonds. The molecule has 0 saturated carbocycles. The molecule has 3 heterocycles. The van der Waals surface area contributed by atoms with Crippen LogP contribution in [0.5, 0.6) is 0 Å². The van der Waals surface area contributed by atoms with E-state index >= 15 is 0 Å². The Morgan fingerprint density at radius 2 is 1.94 bits per heavy atom. The van der Waals surface area contributed by atoms with E-state index in [-0.39, 0.29) is 17.7 Å². The van der Waals surface area contributed by atoms with Gasteiger partial charge < -0.3 is 14.7 Å². The van der Waals surface area contributed by atoms with E-state index in [9.17, 15) is 9.59 Å². The molecule has 2 aliphatic rings. The molecule has 8 nitrogen and oxygen atoms in total. The fraction of sp³-hybridized carbons (Fsp3) is 0.385. The summed E-state index contributed by atoms with van der Waals surface area (Å²) in [4.78, 5) is 33.3. The number of rotatable bonds is 7. The van der Waals surface area contributed by atoms with Crippen molar-refractivity contribution in [3.63, 3.8) is 0 Å². The van der Waals surface area contributed by atoms with Crippen molar-refractivity contribution in [3.05, 3.63) is 65.0 Å². The molecule has 0 unspecified atom stereocenters. The lowest BCUT2D eigenvalue weighted by Crippen LogP contribution is -2.40. The van der Waals surface area contributed by atoms with Gasteiger partial charge in [0, 0.05) is 41.7 Å². The van der Waals surface area contributed by atoms with Crippen molar-refractivity contribution in [2.45, 2.75) is 38.8 Å². The molecule has 182 valence electrons. The van der Waals surface area contributed by atoms with Crippen LogP contribution >= 0.6 is 11.6 Å². The highest BCUT2D eigenvalue weighted by Gasteiger charge is 2.26. The molecule has 2 aliphatic heterocycles. The molecule has 0 radical (unpaired) electrons. The molecule has 0 aliphatic carbocycles. The Hall–Kier alpha value is -3.23. The van der Waals surface area contributed by atoms with E-state index in [4.69, 9.17) is 16.1 Å². The van der Waals surface area contributed by atoms with Gasteiger partial charge in [-0.05, 0) is 62.2 Å². The van der Waals surface area contributed by atoms with Gasteiger partial charge in [0.05, 0.1) is 6.54 Å². The zero-order valence-electron chi connectivity index (χ0n) is 19.5. The second-order valence-electron chi connectivity index (χ2n) is 9.11. The maximum atomic E-state index is 12.8. The second-order valence-corrected chi connectivity index (χ2v) is 9.55. The van der Waals surface area contributed by atoms with Crippen LogP contribution in [0.3, 0.4) is 0 Å². The summed E-state index contributed by atoms with van der Waals surface area (Å²) in [6, 6.07) is 15.2. The topological polar surface area (TPSA) is 91.6 Å². The lowest BCUT2D eigenvalue weighted by atomic mass is 9.96. The van der Waals surface area contributed by atoms with Gasteiger partial charge in [-0.15, -0.1) is 0 Å². The normalized spacial score (nSPS) is 17.2. The molecule has 0 bridgehead atoms. The third kappa shape index (κ3) is 5.71. The first-order valence-electron chi connectivity index (χ1n) is 12.0. The quantitative estimate of drug-likeness (QED) is 0.534. The molecule has 0 atom stereocenters. The van der Waals surface area contributed by atoms with Crippen LogP contribution in [0.1, 0.15) is 37.1 Å². The number of aromatic nitrogens is 2. The average molecular weight is 494 g/mol. The number of anilines is 1. The first-order chi connectivity index (χ1) is 17.0. The average Bonchev–Trinajstić information content (AvgIpc) is 3.52. The van der Waals surface area contributed by atoms with Crippen LogP contribution in [0.2, 0.25) is 5.02 Å². The molecule has 35 heavy (non-hydrogen) atoms. The van der Waals surface area contributed by atoms with Gasteiger partial charge in [0.15, 0.2) is 0 Å². The highest BCUT2D eigenvalue weighted by molar-refractivity contribution is 6.30. The van der Waals surface area contributed by atoms with E-state index in [1.54, 1.807) is 6.07 Å². The van der Waals surface area contributed by atoms with E-state index in [0.29, 0.717) is 36.2 Å². The summed E-state index contributed by atoms with van der Waals surface area (Å²) >= 11 is 6.05. The van der Waals surface area contributed by atoms with Gasteiger partial charge in [-0.1, -0.05) is 41.0 Å². The number of carbonyl (C=O) groups excluding carboxylic acids is 2. The fourth-order valence-corrected chi connectivity index (χ4v) is 4.89. The number of nitrogens with zero attached hydrogens (tertiary/aromatic N) is 4.